The Morgan fingerprint density at radius 3 is 2.09 bits per heavy atom. The number of rotatable bonds is 5. The SMILES string of the molecule is C[C@H](NC(=O)c1cc(C(F)(F)F)cc(C(F)(F)F)c1)c1ncnn1-c1cc(C(N)=O)ncn1. The number of alkyl halides is 6. The molecule has 0 unspecified atom stereocenters. The number of aromatic nitrogens is 5. The van der Waals surface area contributed by atoms with Gasteiger partial charge in [-0.15, -0.1) is 0 Å². The number of benzene rings is 1. The number of primary amides is 1. The molecule has 2 amide bonds. The molecule has 0 aliphatic carbocycles. The zero-order valence-electron chi connectivity index (χ0n) is 16.4. The fourth-order valence-corrected chi connectivity index (χ4v) is 2.75. The molecule has 3 aromatic rings. The molecule has 0 aliphatic rings. The fourth-order valence-electron chi connectivity index (χ4n) is 2.75. The van der Waals surface area contributed by atoms with E-state index in [1.54, 1.807) is 0 Å². The van der Waals surface area contributed by atoms with Crippen LogP contribution in [0.4, 0.5) is 26.3 Å². The van der Waals surface area contributed by atoms with Crippen molar-refractivity contribution in [1.82, 2.24) is 30.0 Å². The number of hydrogen-bond acceptors (Lipinski definition) is 6. The highest BCUT2D eigenvalue weighted by atomic mass is 19.4. The lowest BCUT2D eigenvalue weighted by atomic mass is 10.0. The van der Waals surface area contributed by atoms with E-state index in [9.17, 15) is 35.9 Å². The van der Waals surface area contributed by atoms with Gasteiger partial charge in [-0.3, -0.25) is 9.59 Å². The van der Waals surface area contributed by atoms with Gasteiger partial charge in [0, 0.05) is 11.6 Å². The Balaban J connectivity index is 1.92. The lowest BCUT2D eigenvalue weighted by Crippen LogP contribution is -2.29. The van der Waals surface area contributed by atoms with E-state index in [1.807, 2.05) is 0 Å². The van der Waals surface area contributed by atoms with Crippen molar-refractivity contribution in [2.24, 2.45) is 5.73 Å². The number of halogens is 6. The Kier molecular flexibility index (Phi) is 6.07. The summed E-state index contributed by atoms with van der Waals surface area (Å²) in [5.41, 5.74) is 0.900. The third-order valence-corrected chi connectivity index (χ3v) is 4.28. The van der Waals surface area contributed by atoms with Gasteiger partial charge in [0.25, 0.3) is 11.8 Å². The molecule has 9 nitrogen and oxygen atoms in total. The average Bonchev–Trinajstić information content (AvgIpc) is 3.22. The monoisotopic (exact) mass is 473 g/mol. The summed E-state index contributed by atoms with van der Waals surface area (Å²) in [5.74, 6) is -2.02. The van der Waals surface area contributed by atoms with E-state index in [2.05, 4.69) is 25.4 Å². The van der Waals surface area contributed by atoms with Gasteiger partial charge in [0.05, 0.1) is 17.2 Å². The summed E-state index contributed by atoms with van der Waals surface area (Å²) >= 11 is 0. The summed E-state index contributed by atoms with van der Waals surface area (Å²) in [4.78, 5) is 35.3. The van der Waals surface area contributed by atoms with Crippen molar-refractivity contribution < 1.29 is 35.9 Å². The molecule has 1 atom stereocenters. The summed E-state index contributed by atoms with van der Waals surface area (Å²) in [7, 11) is 0. The van der Waals surface area contributed by atoms with Gasteiger partial charge in [-0.05, 0) is 25.1 Å². The Bertz CT molecular complexity index is 1170. The van der Waals surface area contributed by atoms with Crippen molar-refractivity contribution in [1.29, 1.82) is 0 Å². The van der Waals surface area contributed by atoms with E-state index in [0.717, 1.165) is 17.3 Å². The van der Waals surface area contributed by atoms with Crippen molar-refractivity contribution in [3.63, 3.8) is 0 Å². The molecule has 174 valence electrons. The zero-order chi connectivity index (χ0) is 24.6. The molecule has 3 rings (SSSR count). The van der Waals surface area contributed by atoms with Crippen LogP contribution in [0.2, 0.25) is 0 Å². The van der Waals surface area contributed by atoms with E-state index in [1.165, 1.54) is 13.0 Å². The Morgan fingerprint density at radius 2 is 1.55 bits per heavy atom. The number of nitrogens with two attached hydrogens (primary N) is 1. The van der Waals surface area contributed by atoms with Crippen molar-refractivity contribution in [3.05, 3.63) is 65.1 Å². The smallest absolute Gasteiger partial charge is 0.364 e. The van der Waals surface area contributed by atoms with Gasteiger partial charge in [0.15, 0.2) is 11.6 Å². The fraction of sp³-hybridized carbons (Fsp3) is 0.222. The molecular formula is C18H13F6N7O2. The molecule has 0 saturated carbocycles. The van der Waals surface area contributed by atoms with Crippen LogP contribution < -0.4 is 11.1 Å². The highest BCUT2D eigenvalue weighted by molar-refractivity contribution is 5.95. The van der Waals surface area contributed by atoms with Crippen molar-refractivity contribution in [2.75, 3.05) is 0 Å². The average molecular weight is 473 g/mol. The molecule has 3 N–H and O–H groups in total. The van der Waals surface area contributed by atoms with E-state index >= 15 is 0 Å². The molecule has 0 spiro atoms. The van der Waals surface area contributed by atoms with Crippen LogP contribution in [0.15, 0.2) is 36.9 Å². The van der Waals surface area contributed by atoms with Crippen LogP contribution in [0, 0.1) is 0 Å². The van der Waals surface area contributed by atoms with Gasteiger partial charge >= 0.3 is 12.4 Å². The number of nitrogens with zero attached hydrogens (tertiary/aromatic N) is 5. The first-order valence-corrected chi connectivity index (χ1v) is 8.90. The minimum Gasteiger partial charge on any atom is -0.364 e. The van der Waals surface area contributed by atoms with Crippen LogP contribution in [-0.4, -0.2) is 36.5 Å². The molecular weight excluding hydrogens is 460 g/mol. The first-order chi connectivity index (χ1) is 15.3. The Morgan fingerprint density at radius 1 is 0.939 bits per heavy atom. The zero-order valence-corrected chi connectivity index (χ0v) is 16.4. The molecule has 2 heterocycles. The van der Waals surface area contributed by atoms with E-state index in [0.29, 0.717) is 12.1 Å². The minimum atomic E-state index is -5.10. The van der Waals surface area contributed by atoms with Crippen LogP contribution in [0.5, 0.6) is 0 Å². The van der Waals surface area contributed by atoms with Crippen LogP contribution in [0.1, 0.15) is 50.8 Å². The first-order valence-electron chi connectivity index (χ1n) is 8.90. The number of carbonyl (C=O) groups is 2. The topological polar surface area (TPSA) is 129 Å². The van der Waals surface area contributed by atoms with Crippen LogP contribution in [0.25, 0.3) is 5.82 Å². The van der Waals surface area contributed by atoms with Crippen molar-refractivity contribution >= 4 is 11.8 Å². The highest BCUT2D eigenvalue weighted by Crippen LogP contribution is 2.36. The van der Waals surface area contributed by atoms with Gasteiger partial charge < -0.3 is 11.1 Å². The van der Waals surface area contributed by atoms with Gasteiger partial charge in [-0.2, -0.15) is 36.1 Å². The number of amides is 2. The predicted molar refractivity (Wildman–Crippen MR) is 97.8 cm³/mol. The number of nitrogens with one attached hydrogen (secondary N) is 1. The van der Waals surface area contributed by atoms with Crippen LogP contribution in [0.3, 0.4) is 0 Å². The second kappa shape index (κ2) is 8.48. The van der Waals surface area contributed by atoms with E-state index in [4.69, 9.17) is 5.73 Å². The summed E-state index contributed by atoms with van der Waals surface area (Å²) in [6, 6.07) is 0.674. The van der Waals surface area contributed by atoms with Crippen molar-refractivity contribution in [2.45, 2.75) is 25.3 Å². The lowest BCUT2D eigenvalue weighted by molar-refractivity contribution is -0.143. The third-order valence-electron chi connectivity index (χ3n) is 4.28. The minimum absolute atomic E-state index is 0.0143. The van der Waals surface area contributed by atoms with Gasteiger partial charge in [0.2, 0.25) is 0 Å². The second-order valence-electron chi connectivity index (χ2n) is 6.65. The maximum Gasteiger partial charge on any atom is 0.416 e. The number of carbonyl (C=O) groups excluding carboxylic acids is 2. The maximum atomic E-state index is 13.0. The Labute approximate surface area is 180 Å². The van der Waals surface area contributed by atoms with Gasteiger partial charge in [0.1, 0.15) is 18.3 Å². The highest BCUT2D eigenvalue weighted by Gasteiger charge is 2.37. The molecule has 1 aromatic carbocycles. The third kappa shape index (κ3) is 5.24. The summed E-state index contributed by atoms with van der Waals surface area (Å²) in [6.07, 6.45) is -8.12. The first kappa shape index (κ1) is 23.6. The summed E-state index contributed by atoms with van der Waals surface area (Å²) in [5, 5.41) is 6.17. The molecule has 0 aliphatic heterocycles. The van der Waals surface area contributed by atoms with E-state index < -0.39 is 46.9 Å². The Hall–Kier alpha value is -4.04. The van der Waals surface area contributed by atoms with Gasteiger partial charge in [-0.1, -0.05) is 0 Å². The molecule has 0 fully saturated rings. The predicted octanol–water partition coefficient (Wildman–Crippen LogP) is 2.68. The molecule has 2 aromatic heterocycles. The quantitative estimate of drug-likeness (QED) is 0.549. The maximum absolute atomic E-state index is 13.0. The van der Waals surface area contributed by atoms with Crippen molar-refractivity contribution in [3.8, 4) is 5.82 Å². The van der Waals surface area contributed by atoms with Gasteiger partial charge in [-0.25, -0.2) is 15.0 Å². The van der Waals surface area contributed by atoms with E-state index in [-0.39, 0.29) is 23.4 Å². The second-order valence-corrected chi connectivity index (χ2v) is 6.65. The largest absolute Gasteiger partial charge is 0.416 e. The number of hydrogen-bond donors (Lipinski definition) is 2. The van der Waals surface area contributed by atoms with Crippen LogP contribution in [-0.2, 0) is 12.4 Å². The lowest BCUT2D eigenvalue weighted by Gasteiger charge is -2.17. The molecule has 0 bridgehead atoms. The molecule has 33 heavy (non-hydrogen) atoms. The molecule has 15 heteroatoms. The normalized spacial score (nSPS) is 12.9. The standard InChI is InChI=1S/C18H13F6N7O2/c1-8(15-28-7-29-31(15)13-5-12(14(25)32)26-6-27-13)30-16(33)9-2-10(17(19,20)21)4-11(3-9)18(22,23)24/h2-8H,1H3,(H2,25,32)(H,30,33)/t8-/m0/s1. The molecule has 0 saturated heterocycles. The molecule has 0 radical (unpaired) electrons. The summed E-state index contributed by atoms with van der Waals surface area (Å²) < 4.78 is 79.4. The summed E-state index contributed by atoms with van der Waals surface area (Å²) in [6.45, 7) is 1.37. The van der Waals surface area contributed by atoms with Crippen LogP contribution >= 0.6 is 0 Å².